The van der Waals surface area contributed by atoms with E-state index in [1.807, 2.05) is 17.5 Å². The fourth-order valence-corrected chi connectivity index (χ4v) is 3.89. The summed E-state index contributed by atoms with van der Waals surface area (Å²) < 4.78 is 0. The minimum atomic E-state index is -0.130. The van der Waals surface area contributed by atoms with Crippen molar-refractivity contribution in [1.82, 2.24) is 0 Å². The average Bonchev–Trinajstić information content (AvgIpc) is 3.18. The molecule has 0 saturated carbocycles. The van der Waals surface area contributed by atoms with Crippen LogP contribution in [0.1, 0.15) is 20.8 Å². The number of aryl methyl sites for hydroxylation is 1. The summed E-state index contributed by atoms with van der Waals surface area (Å²) in [5, 5.41) is 7.58. The van der Waals surface area contributed by atoms with E-state index in [1.54, 1.807) is 42.1 Å². The highest BCUT2D eigenvalue weighted by atomic mass is 32.2. The second kappa shape index (κ2) is 9.39. The van der Waals surface area contributed by atoms with Crippen LogP contribution in [0, 0.1) is 6.92 Å². The molecule has 27 heavy (non-hydrogen) atoms. The molecule has 3 rings (SSSR count). The summed E-state index contributed by atoms with van der Waals surface area (Å²) in [7, 11) is 0. The Kier molecular flexibility index (Phi) is 6.68. The van der Waals surface area contributed by atoms with E-state index < -0.39 is 0 Å². The first-order chi connectivity index (χ1) is 13.1. The first-order valence-corrected chi connectivity index (χ1v) is 10.5. The highest BCUT2D eigenvalue weighted by Crippen LogP contribution is 2.18. The zero-order valence-corrected chi connectivity index (χ0v) is 16.5. The van der Waals surface area contributed by atoms with Crippen molar-refractivity contribution in [1.29, 1.82) is 0 Å². The van der Waals surface area contributed by atoms with Crippen LogP contribution in [0.15, 0.2) is 66.0 Å². The van der Waals surface area contributed by atoms with Crippen LogP contribution in [0.4, 0.5) is 11.4 Å². The van der Waals surface area contributed by atoms with Gasteiger partial charge in [-0.25, -0.2) is 0 Å². The van der Waals surface area contributed by atoms with Crippen molar-refractivity contribution in [3.8, 4) is 0 Å². The van der Waals surface area contributed by atoms with Crippen LogP contribution in [-0.4, -0.2) is 17.6 Å². The normalized spacial score (nSPS) is 10.4. The fraction of sp³-hybridized carbons (Fsp3) is 0.143. The van der Waals surface area contributed by atoms with Crippen molar-refractivity contribution in [2.75, 3.05) is 16.4 Å². The van der Waals surface area contributed by atoms with Gasteiger partial charge in [-0.3, -0.25) is 9.59 Å². The zero-order valence-electron chi connectivity index (χ0n) is 14.9. The molecule has 0 radical (unpaired) electrons. The lowest BCUT2D eigenvalue weighted by Gasteiger charge is -2.08. The molecule has 0 aliphatic carbocycles. The van der Waals surface area contributed by atoms with Crippen LogP contribution in [0.2, 0.25) is 0 Å². The van der Waals surface area contributed by atoms with Gasteiger partial charge in [-0.2, -0.15) is 0 Å². The van der Waals surface area contributed by atoms with E-state index in [2.05, 4.69) is 35.8 Å². The number of thiophene rings is 1. The van der Waals surface area contributed by atoms with E-state index in [4.69, 9.17) is 0 Å². The van der Waals surface area contributed by atoms with Crippen LogP contribution in [0.5, 0.6) is 0 Å². The van der Waals surface area contributed by atoms with Crippen LogP contribution in [-0.2, 0) is 10.5 Å². The third kappa shape index (κ3) is 5.98. The van der Waals surface area contributed by atoms with Crippen molar-refractivity contribution in [2.24, 2.45) is 0 Å². The fourth-order valence-electron chi connectivity index (χ4n) is 2.50. The van der Waals surface area contributed by atoms with E-state index in [0.29, 0.717) is 22.0 Å². The minimum absolute atomic E-state index is 0.0389. The van der Waals surface area contributed by atoms with Gasteiger partial charge in [-0.15, -0.1) is 23.1 Å². The first-order valence-electron chi connectivity index (χ1n) is 8.48. The van der Waals surface area contributed by atoms with Crippen molar-refractivity contribution in [3.63, 3.8) is 0 Å². The number of amides is 2. The predicted octanol–water partition coefficient (Wildman–Crippen LogP) is 5.18. The minimum Gasteiger partial charge on any atom is -0.325 e. The molecule has 2 aromatic carbocycles. The van der Waals surface area contributed by atoms with Gasteiger partial charge in [0.1, 0.15) is 0 Å². The molecule has 3 aromatic rings. The van der Waals surface area contributed by atoms with Gasteiger partial charge in [0.2, 0.25) is 5.91 Å². The van der Waals surface area contributed by atoms with Gasteiger partial charge in [-0.05, 0) is 48.2 Å². The number of rotatable bonds is 7. The Balaban J connectivity index is 1.44. The molecule has 0 aliphatic rings. The van der Waals surface area contributed by atoms with Gasteiger partial charge in [0, 0.05) is 17.1 Å². The molecule has 0 unspecified atom stereocenters. The second-order valence-corrected chi connectivity index (χ2v) is 7.97. The Morgan fingerprint density at radius 3 is 2.37 bits per heavy atom. The molecule has 0 spiro atoms. The Morgan fingerprint density at radius 2 is 1.70 bits per heavy atom. The Bertz CT molecular complexity index is 906. The molecule has 0 saturated heterocycles. The standard InChI is InChI=1S/C21H20N2O2S2/c1-15-4-2-5-16(12-15)13-26-14-20(24)22-17-7-9-18(10-8-17)23-21(25)19-6-3-11-27-19/h2-12H,13-14H2,1H3,(H,22,24)(H,23,25). The van der Waals surface area contributed by atoms with Crippen molar-refractivity contribution >= 4 is 46.3 Å². The molecular formula is C21H20N2O2S2. The van der Waals surface area contributed by atoms with Crippen molar-refractivity contribution in [3.05, 3.63) is 82.0 Å². The number of anilines is 2. The molecule has 0 atom stereocenters. The maximum Gasteiger partial charge on any atom is 0.265 e. The molecule has 4 nitrogen and oxygen atoms in total. The van der Waals surface area contributed by atoms with Crippen LogP contribution in [0.3, 0.4) is 0 Å². The first kappa shape index (κ1) is 19.2. The second-order valence-electron chi connectivity index (χ2n) is 6.04. The van der Waals surface area contributed by atoms with Gasteiger partial charge in [-0.1, -0.05) is 35.9 Å². The van der Waals surface area contributed by atoms with Crippen LogP contribution < -0.4 is 10.6 Å². The van der Waals surface area contributed by atoms with E-state index in [1.165, 1.54) is 22.5 Å². The lowest BCUT2D eigenvalue weighted by Crippen LogP contribution is -2.14. The molecular weight excluding hydrogens is 376 g/mol. The van der Waals surface area contributed by atoms with E-state index in [0.717, 1.165) is 5.75 Å². The van der Waals surface area contributed by atoms with Gasteiger partial charge >= 0.3 is 0 Å². The Hall–Kier alpha value is -2.57. The smallest absolute Gasteiger partial charge is 0.265 e. The number of hydrogen-bond donors (Lipinski definition) is 2. The van der Waals surface area contributed by atoms with Gasteiger partial charge in [0.05, 0.1) is 10.6 Å². The van der Waals surface area contributed by atoms with Gasteiger partial charge < -0.3 is 10.6 Å². The largest absolute Gasteiger partial charge is 0.325 e. The molecule has 1 aromatic heterocycles. The molecule has 1 heterocycles. The summed E-state index contributed by atoms with van der Waals surface area (Å²) in [6, 6.07) is 19.0. The Labute approximate surface area is 167 Å². The SMILES string of the molecule is Cc1cccc(CSCC(=O)Nc2ccc(NC(=O)c3cccs3)cc2)c1. The summed E-state index contributed by atoms with van der Waals surface area (Å²) >= 11 is 2.98. The van der Waals surface area contributed by atoms with Crippen LogP contribution >= 0.6 is 23.1 Å². The molecule has 0 fully saturated rings. The third-order valence-corrected chi connectivity index (χ3v) is 5.63. The maximum atomic E-state index is 12.1. The monoisotopic (exact) mass is 396 g/mol. The molecule has 2 N–H and O–H groups in total. The summed E-state index contributed by atoms with van der Waals surface area (Å²) in [5.41, 5.74) is 3.85. The van der Waals surface area contributed by atoms with Gasteiger partial charge in [0.15, 0.2) is 0 Å². The molecule has 6 heteroatoms. The lowest BCUT2D eigenvalue weighted by molar-refractivity contribution is -0.113. The topological polar surface area (TPSA) is 58.2 Å². The maximum absolute atomic E-state index is 12.1. The van der Waals surface area contributed by atoms with E-state index in [-0.39, 0.29) is 11.8 Å². The summed E-state index contributed by atoms with van der Waals surface area (Å²) in [6.45, 7) is 2.06. The number of carbonyl (C=O) groups is 2. The van der Waals surface area contributed by atoms with Gasteiger partial charge in [0.25, 0.3) is 5.91 Å². The highest BCUT2D eigenvalue weighted by molar-refractivity contribution is 7.99. The number of thioether (sulfide) groups is 1. The number of benzene rings is 2. The third-order valence-electron chi connectivity index (χ3n) is 3.76. The molecule has 138 valence electrons. The molecule has 0 aliphatic heterocycles. The lowest BCUT2D eigenvalue weighted by atomic mass is 10.2. The molecule has 0 bridgehead atoms. The van der Waals surface area contributed by atoms with E-state index in [9.17, 15) is 9.59 Å². The number of nitrogens with one attached hydrogen (secondary N) is 2. The highest BCUT2D eigenvalue weighted by Gasteiger charge is 2.07. The summed E-state index contributed by atoms with van der Waals surface area (Å²) in [5.74, 6) is 1.03. The summed E-state index contributed by atoms with van der Waals surface area (Å²) in [4.78, 5) is 24.8. The van der Waals surface area contributed by atoms with E-state index >= 15 is 0 Å². The predicted molar refractivity (Wildman–Crippen MR) is 115 cm³/mol. The van der Waals surface area contributed by atoms with Crippen LogP contribution in [0.25, 0.3) is 0 Å². The number of hydrogen-bond acceptors (Lipinski definition) is 4. The zero-order chi connectivity index (χ0) is 19.1. The van der Waals surface area contributed by atoms with Crippen molar-refractivity contribution in [2.45, 2.75) is 12.7 Å². The Morgan fingerprint density at radius 1 is 0.963 bits per heavy atom. The van der Waals surface area contributed by atoms with Crippen molar-refractivity contribution < 1.29 is 9.59 Å². The quantitative estimate of drug-likeness (QED) is 0.578. The molecule has 2 amide bonds. The summed E-state index contributed by atoms with van der Waals surface area (Å²) in [6.07, 6.45) is 0. The average molecular weight is 397 g/mol. The number of carbonyl (C=O) groups excluding carboxylic acids is 2.